The van der Waals surface area contributed by atoms with Crippen LogP contribution in [0, 0.1) is 6.92 Å². The van der Waals surface area contributed by atoms with Gasteiger partial charge in [-0.05, 0) is 19.1 Å². The Kier molecular flexibility index (Phi) is 2.86. The lowest BCUT2D eigenvalue weighted by molar-refractivity contribution is 0.695. The van der Waals surface area contributed by atoms with E-state index in [0.29, 0.717) is 11.9 Å². The molecular formula is C11H11BrN2O. The molecule has 0 saturated heterocycles. The van der Waals surface area contributed by atoms with Gasteiger partial charge in [-0.3, -0.25) is 9.36 Å². The van der Waals surface area contributed by atoms with Gasteiger partial charge in [-0.2, -0.15) is 0 Å². The van der Waals surface area contributed by atoms with Gasteiger partial charge in [-0.15, -0.1) is 0 Å². The minimum atomic E-state index is 0.0394. The van der Waals surface area contributed by atoms with Gasteiger partial charge in [0.1, 0.15) is 5.82 Å². The van der Waals surface area contributed by atoms with Crippen LogP contribution in [-0.4, -0.2) is 14.9 Å². The van der Waals surface area contributed by atoms with Crippen molar-refractivity contribution in [2.75, 3.05) is 5.33 Å². The number of para-hydroxylation sites is 1. The number of nitrogens with zero attached hydrogens (tertiary/aromatic N) is 2. The molecule has 2 aromatic rings. The van der Waals surface area contributed by atoms with Crippen molar-refractivity contribution in [3.05, 3.63) is 40.4 Å². The molecule has 1 heterocycles. The van der Waals surface area contributed by atoms with Crippen LogP contribution in [-0.2, 0) is 6.54 Å². The molecule has 0 amide bonds. The van der Waals surface area contributed by atoms with Crippen molar-refractivity contribution in [2.24, 2.45) is 0 Å². The Bertz CT molecular complexity index is 548. The summed E-state index contributed by atoms with van der Waals surface area (Å²) in [5.74, 6) is 0.762. The van der Waals surface area contributed by atoms with Gasteiger partial charge in [-0.1, -0.05) is 28.1 Å². The molecule has 0 aliphatic heterocycles. The number of rotatable bonds is 2. The first-order valence-electron chi connectivity index (χ1n) is 4.76. The van der Waals surface area contributed by atoms with Gasteiger partial charge in [0, 0.05) is 11.9 Å². The van der Waals surface area contributed by atoms with Crippen LogP contribution in [0.4, 0.5) is 0 Å². The van der Waals surface area contributed by atoms with E-state index in [1.54, 1.807) is 4.57 Å². The number of aromatic nitrogens is 2. The average Bonchev–Trinajstić information content (AvgIpc) is 2.24. The summed E-state index contributed by atoms with van der Waals surface area (Å²) in [6, 6.07) is 7.43. The second-order valence-corrected chi connectivity index (χ2v) is 4.11. The van der Waals surface area contributed by atoms with Crippen LogP contribution in [0.15, 0.2) is 29.1 Å². The lowest BCUT2D eigenvalue weighted by atomic mass is 10.2. The third-order valence-electron chi connectivity index (χ3n) is 2.36. The van der Waals surface area contributed by atoms with Crippen molar-refractivity contribution < 1.29 is 0 Å². The summed E-state index contributed by atoms with van der Waals surface area (Å²) in [6.07, 6.45) is 0. The number of hydrogen-bond acceptors (Lipinski definition) is 2. The van der Waals surface area contributed by atoms with Gasteiger partial charge in [0.15, 0.2) is 0 Å². The van der Waals surface area contributed by atoms with Crippen molar-refractivity contribution >= 4 is 26.8 Å². The normalized spacial score (nSPS) is 10.8. The summed E-state index contributed by atoms with van der Waals surface area (Å²) in [7, 11) is 0. The average molecular weight is 267 g/mol. The minimum Gasteiger partial charge on any atom is -0.296 e. The topological polar surface area (TPSA) is 34.9 Å². The van der Waals surface area contributed by atoms with Crippen LogP contribution in [0.3, 0.4) is 0 Å². The van der Waals surface area contributed by atoms with E-state index < -0.39 is 0 Å². The van der Waals surface area contributed by atoms with Gasteiger partial charge in [0.2, 0.25) is 0 Å². The second-order valence-electron chi connectivity index (χ2n) is 3.32. The number of hydrogen-bond donors (Lipinski definition) is 0. The fraction of sp³-hybridized carbons (Fsp3) is 0.273. The zero-order chi connectivity index (χ0) is 10.8. The summed E-state index contributed by atoms with van der Waals surface area (Å²) in [5.41, 5.74) is 0.809. The molecule has 0 unspecified atom stereocenters. The van der Waals surface area contributed by atoms with Gasteiger partial charge < -0.3 is 0 Å². The SMILES string of the molecule is Cc1nc2ccccc2c(=O)n1CCBr. The van der Waals surface area contributed by atoms with E-state index in [-0.39, 0.29) is 5.56 Å². The maximum atomic E-state index is 12.0. The van der Waals surface area contributed by atoms with Crippen molar-refractivity contribution in [3.63, 3.8) is 0 Å². The summed E-state index contributed by atoms with van der Waals surface area (Å²) in [6.45, 7) is 2.51. The van der Waals surface area contributed by atoms with Crippen LogP contribution in [0.1, 0.15) is 5.82 Å². The maximum absolute atomic E-state index is 12.0. The molecule has 1 aromatic carbocycles. The number of aryl methyl sites for hydroxylation is 1. The molecular weight excluding hydrogens is 256 g/mol. The highest BCUT2D eigenvalue weighted by Crippen LogP contribution is 2.07. The van der Waals surface area contributed by atoms with E-state index >= 15 is 0 Å². The summed E-state index contributed by atoms with van der Waals surface area (Å²) < 4.78 is 1.69. The quantitative estimate of drug-likeness (QED) is 0.781. The highest BCUT2D eigenvalue weighted by molar-refractivity contribution is 9.09. The first kappa shape index (κ1) is 10.4. The Hall–Kier alpha value is -1.16. The molecule has 0 atom stereocenters. The minimum absolute atomic E-state index is 0.0394. The van der Waals surface area contributed by atoms with Gasteiger partial charge in [-0.25, -0.2) is 4.98 Å². The molecule has 15 heavy (non-hydrogen) atoms. The molecule has 2 rings (SSSR count). The smallest absolute Gasteiger partial charge is 0.261 e. The number of alkyl halides is 1. The number of halogens is 1. The highest BCUT2D eigenvalue weighted by Gasteiger charge is 2.05. The Morgan fingerprint density at radius 3 is 2.87 bits per heavy atom. The number of benzene rings is 1. The molecule has 0 bridgehead atoms. The van der Waals surface area contributed by atoms with Crippen molar-refractivity contribution in [3.8, 4) is 0 Å². The number of fused-ring (bicyclic) bond motifs is 1. The van der Waals surface area contributed by atoms with Crippen LogP contribution in [0.25, 0.3) is 10.9 Å². The molecule has 4 heteroatoms. The second kappa shape index (κ2) is 4.14. The molecule has 0 aliphatic carbocycles. The van der Waals surface area contributed by atoms with Gasteiger partial charge in [0.05, 0.1) is 10.9 Å². The van der Waals surface area contributed by atoms with Crippen LogP contribution >= 0.6 is 15.9 Å². The summed E-state index contributed by atoms with van der Waals surface area (Å²) >= 11 is 3.33. The zero-order valence-electron chi connectivity index (χ0n) is 8.40. The molecule has 0 spiro atoms. The Morgan fingerprint density at radius 1 is 1.40 bits per heavy atom. The van der Waals surface area contributed by atoms with E-state index in [9.17, 15) is 4.79 Å². The third kappa shape index (κ3) is 1.81. The monoisotopic (exact) mass is 266 g/mol. The summed E-state index contributed by atoms with van der Waals surface area (Å²) in [5, 5.41) is 1.44. The van der Waals surface area contributed by atoms with Gasteiger partial charge >= 0.3 is 0 Å². The summed E-state index contributed by atoms with van der Waals surface area (Å²) in [4.78, 5) is 16.4. The molecule has 0 radical (unpaired) electrons. The van der Waals surface area contributed by atoms with Gasteiger partial charge in [0.25, 0.3) is 5.56 Å². The maximum Gasteiger partial charge on any atom is 0.261 e. The van der Waals surface area contributed by atoms with E-state index in [4.69, 9.17) is 0 Å². The molecule has 0 saturated carbocycles. The van der Waals surface area contributed by atoms with Crippen LogP contribution in [0.2, 0.25) is 0 Å². The molecule has 0 aliphatic rings. The first-order chi connectivity index (χ1) is 7.24. The lowest BCUT2D eigenvalue weighted by Gasteiger charge is -2.08. The van der Waals surface area contributed by atoms with Crippen LogP contribution < -0.4 is 5.56 Å². The van der Waals surface area contributed by atoms with E-state index in [2.05, 4.69) is 20.9 Å². The van der Waals surface area contributed by atoms with Crippen LogP contribution in [0.5, 0.6) is 0 Å². The van der Waals surface area contributed by atoms with Crippen molar-refractivity contribution in [1.29, 1.82) is 0 Å². The zero-order valence-corrected chi connectivity index (χ0v) is 9.99. The highest BCUT2D eigenvalue weighted by atomic mass is 79.9. The third-order valence-corrected chi connectivity index (χ3v) is 2.72. The molecule has 0 fully saturated rings. The first-order valence-corrected chi connectivity index (χ1v) is 5.88. The largest absolute Gasteiger partial charge is 0.296 e. The fourth-order valence-electron chi connectivity index (χ4n) is 1.63. The lowest BCUT2D eigenvalue weighted by Crippen LogP contribution is -2.24. The Morgan fingerprint density at radius 2 is 2.13 bits per heavy atom. The predicted molar refractivity (Wildman–Crippen MR) is 64.5 cm³/mol. The fourth-order valence-corrected chi connectivity index (χ4v) is 1.98. The Balaban J connectivity index is 2.78. The molecule has 3 nitrogen and oxygen atoms in total. The molecule has 1 aromatic heterocycles. The van der Waals surface area contributed by atoms with Crippen molar-refractivity contribution in [1.82, 2.24) is 9.55 Å². The van der Waals surface area contributed by atoms with E-state index in [1.165, 1.54) is 0 Å². The molecule has 78 valence electrons. The van der Waals surface area contributed by atoms with E-state index in [0.717, 1.165) is 16.7 Å². The molecule has 0 N–H and O–H groups in total. The standard InChI is InChI=1S/C11H11BrN2O/c1-8-13-10-5-3-2-4-9(10)11(15)14(8)7-6-12/h2-5H,6-7H2,1H3. The van der Waals surface area contributed by atoms with E-state index in [1.807, 2.05) is 31.2 Å². The Labute approximate surface area is 95.9 Å². The predicted octanol–water partition coefficient (Wildman–Crippen LogP) is 2.10. The van der Waals surface area contributed by atoms with Crippen molar-refractivity contribution in [2.45, 2.75) is 13.5 Å².